The van der Waals surface area contributed by atoms with E-state index in [9.17, 15) is 4.79 Å². The van der Waals surface area contributed by atoms with Crippen molar-refractivity contribution in [3.63, 3.8) is 0 Å². The summed E-state index contributed by atoms with van der Waals surface area (Å²) in [5.41, 5.74) is 5.75. The maximum Gasteiger partial charge on any atom is 0.219 e. The Hall–Kier alpha value is -2.79. The van der Waals surface area contributed by atoms with Gasteiger partial charge >= 0.3 is 0 Å². The summed E-state index contributed by atoms with van der Waals surface area (Å²) in [6.07, 6.45) is 1.83. The second-order valence-corrected chi connectivity index (χ2v) is 7.67. The molecular formula is C23H28N3O2+. The number of nitrogens with zero attached hydrogens (tertiary/aromatic N) is 1. The highest BCUT2D eigenvalue weighted by atomic mass is 16.5. The molecule has 1 saturated heterocycles. The van der Waals surface area contributed by atoms with Crippen LogP contribution in [0.25, 0.3) is 10.9 Å². The van der Waals surface area contributed by atoms with Crippen LogP contribution in [0.3, 0.4) is 0 Å². The fourth-order valence-electron chi connectivity index (χ4n) is 4.10. The summed E-state index contributed by atoms with van der Waals surface area (Å²) in [7, 11) is 1.65. The van der Waals surface area contributed by atoms with Gasteiger partial charge in [0.15, 0.2) is 0 Å². The summed E-state index contributed by atoms with van der Waals surface area (Å²) in [5, 5.41) is 0.942. The van der Waals surface area contributed by atoms with Crippen LogP contribution in [0.1, 0.15) is 21.5 Å². The fraction of sp³-hybridized carbons (Fsp3) is 0.348. The molecule has 5 nitrogen and oxygen atoms in total. The van der Waals surface area contributed by atoms with Crippen molar-refractivity contribution in [2.24, 2.45) is 0 Å². The molecule has 0 radical (unpaired) electrons. The van der Waals surface area contributed by atoms with Gasteiger partial charge in [0.05, 0.1) is 33.3 Å². The lowest BCUT2D eigenvalue weighted by molar-refractivity contribution is -0.892. The smallest absolute Gasteiger partial charge is 0.219 e. The van der Waals surface area contributed by atoms with Crippen LogP contribution in [0.15, 0.2) is 42.6 Å². The van der Waals surface area contributed by atoms with Crippen molar-refractivity contribution in [1.29, 1.82) is 0 Å². The Morgan fingerprint density at radius 3 is 2.71 bits per heavy atom. The number of aryl methyl sites for hydroxylation is 1. The maximum absolute atomic E-state index is 12.9. The summed E-state index contributed by atoms with van der Waals surface area (Å²) >= 11 is 0. The molecule has 0 aliphatic carbocycles. The van der Waals surface area contributed by atoms with E-state index in [2.05, 4.69) is 41.9 Å². The number of hydrogen-bond acceptors (Lipinski definition) is 3. The monoisotopic (exact) mass is 378 g/mol. The third-order valence-electron chi connectivity index (χ3n) is 5.99. The molecule has 0 amide bonds. The number of rotatable bonds is 5. The quantitative estimate of drug-likeness (QED) is 0.671. The topological polar surface area (TPSA) is 49.8 Å². The summed E-state index contributed by atoms with van der Waals surface area (Å²) in [6, 6.07) is 12.3. The number of hydrogen-bond donors (Lipinski definition) is 2. The average Bonchev–Trinajstić information content (AvgIpc) is 3.14. The summed E-state index contributed by atoms with van der Waals surface area (Å²) in [5.74, 6) is 0.963. The molecular weight excluding hydrogens is 350 g/mol. The van der Waals surface area contributed by atoms with Gasteiger partial charge in [-0.3, -0.25) is 4.79 Å². The predicted octanol–water partition coefficient (Wildman–Crippen LogP) is 2.38. The van der Waals surface area contributed by atoms with Gasteiger partial charge in [0, 0.05) is 28.4 Å². The lowest BCUT2D eigenvalue weighted by atomic mass is 10.1. The molecule has 0 atom stereocenters. The maximum atomic E-state index is 12.9. The molecule has 2 heterocycles. The van der Waals surface area contributed by atoms with Gasteiger partial charge in [-0.1, -0.05) is 12.1 Å². The Morgan fingerprint density at radius 1 is 1.18 bits per heavy atom. The largest absolute Gasteiger partial charge is 0.497 e. The summed E-state index contributed by atoms with van der Waals surface area (Å²) in [4.78, 5) is 19.9. The molecule has 1 aliphatic rings. The number of methoxy groups -OCH3 is 1. The van der Waals surface area contributed by atoms with Crippen LogP contribution in [0, 0.1) is 13.8 Å². The molecule has 0 spiro atoms. The predicted molar refractivity (Wildman–Crippen MR) is 113 cm³/mol. The standard InChI is InChI=1S/C23H27N3O2/c1-16-5-4-6-22(17(16)2)26-11-9-25(10-12-26)15-23(27)20-14-24-21-8-7-18(28-3)13-19(20)21/h4-8,13-14,24H,9-12,15H2,1-3H3/p+1. The second-order valence-electron chi connectivity index (χ2n) is 7.67. The number of H-pyrrole nitrogens is 1. The molecule has 1 aromatic heterocycles. The minimum absolute atomic E-state index is 0.190. The lowest BCUT2D eigenvalue weighted by Gasteiger charge is -2.34. The van der Waals surface area contributed by atoms with E-state index in [4.69, 9.17) is 4.74 Å². The number of ether oxygens (including phenoxy) is 1. The number of aromatic amines is 1. The number of ketones is 1. The Labute approximate surface area is 165 Å². The number of aromatic nitrogens is 1. The van der Waals surface area contributed by atoms with E-state index in [-0.39, 0.29) is 5.78 Å². The number of anilines is 1. The Kier molecular flexibility index (Phi) is 5.09. The Morgan fingerprint density at radius 2 is 1.96 bits per heavy atom. The van der Waals surface area contributed by atoms with E-state index in [1.807, 2.05) is 24.4 Å². The molecule has 1 aliphatic heterocycles. The first-order valence-electron chi connectivity index (χ1n) is 9.90. The first-order valence-corrected chi connectivity index (χ1v) is 9.90. The van der Waals surface area contributed by atoms with Crippen molar-refractivity contribution in [2.75, 3.05) is 44.7 Å². The number of piperazine rings is 1. The minimum atomic E-state index is 0.190. The zero-order valence-corrected chi connectivity index (χ0v) is 16.8. The van der Waals surface area contributed by atoms with E-state index >= 15 is 0 Å². The highest BCUT2D eigenvalue weighted by molar-refractivity contribution is 6.08. The number of quaternary nitrogens is 1. The average molecular weight is 378 g/mol. The number of benzene rings is 2. The molecule has 3 aromatic rings. The van der Waals surface area contributed by atoms with Gasteiger partial charge in [-0.2, -0.15) is 0 Å². The van der Waals surface area contributed by atoms with Crippen LogP contribution >= 0.6 is 0 Å². The molecule has 0 bridgehead atoms. The molecule has 0 unspecified atom stereocenters. The van der Waals surface area contributed by atoms with Crippen LogP contribution in [-0.4, -0.2) is 50.6 Å². The number of nitrogens with one attached hydrogen (secondary N) is 2. The minimum Gasteiger partial charge on any atom is -0.497 e. The van der Waals surface area contributed by atoms with Gasteiger partial charge in [0.2, 0.25) is 5.78 Å². The zero-order valence-electron chi connectivity index (χ0n) is 16.8. The van der Waals surface area contributed by atoms with Crippen molar-refractivity contribution < 1.29 is 14.4 Å². The highest BCUT2D eigenvalue weighted by Gasteiger charge is 2.25. The van der Waals surface area contributed by atoms with Crippen LogP contribution in [0.2, 0.25) is 0 Å². The van der Waals surface area contributed by atoms with Crippen LogP contribution in [-0.2, 0) is 0 Å². The van der Waals surface area contributed by atoms with Crippen LogP contribution in [0.5, 0.6) is 5.75 Å². The number of fused-ring (bicyclic) bond motifs is 1. The molecule has 5 heteroatoms. The van der Waals surface area contributed by atoms with Crippen molar-refractivity contribution in [3.05, 3.63) is 59.3 Å². The second kappa shape index (κ2) is 7.68. The van der Waals surface area contributed by atoms with Gasteiger partial charge < -0.3 is 19.5 Å². The molecule has 1 fully saturated rings. The Bertz CT molecular complexity index is 1000. The molecule has 2 aromatic carbocycles. The number of carbonyl (C=O) groups is 1. The lowest BCUT2D eigenvalue weighted by Crippen LogP contribution is -3.15. The fourth-order valence-corrected chi connectivity index (χ4v) is 4.10. The summed E-state index contributed by atoms with van der Waals surface area (Å²) in [6.45, 7) is 8.80. The van der Waals surface area contributed by atoms with Crippen LogP contribution < -0.4 is 14.5 Å². The van der Waals surface area contributed by atoms with Gasteiger partial charge in [-0.05, 0) is 49.2 Å². The van der Waals surface area contributed by atoms with Gasteiger partial charge in [-0.25, -0.2) is 0 Å². The van der Waals surface area contributed by atoms with Gasteiger partial charge in [0.1, 0.15) is 12.3 Å². The van der Waals surface area contributed by atoms with E-state index in [0.717, 1.165) is 48.4 Å². The van der Waals surface area contributed by atoms with Crippen molar-refractivity contribution >= 4 is 22.4 Å². The number of carbonyl (C=O) groups excluding carboxylic acids is 1. The third kappa shape index (κ3) is 3.50. The molecule has 0 saturated carbocycles. The van der Waals surface area contributed by atoms with Crippen LogP contribution in [0.4, 0.5) is 5.69 Å². The molecule has 146 valence electrons. The van der Waals surface area contributed by atoms with E-state index in [1.165, 1.54) is 21.7 Å². The van der Waals surface area contributed by atoms with E-state index in [1.54, 1.807) is 7.11 Å². The SMILES string of the molecule is COc1ccc2[nH]cc(C(=O)C[NH+]3CCN(c4cccc(C)c4C)CC3)c2c1. The highest BCUT2D eigenvalue weighted by Crippen LogP contribution is 2.24. The van der Waals surface area contributed by atoms with Gasteiger partial charge in [0.25, 0.3) is 0 Å². The normalized spacial score (nSPS) is 15.2. The van der Waals surface area contributed by atoms with Gasteiger partial charge in [-0.15, -0.1) is 0 Å². The van der Waals surface area contributed by atoms with E-state index in [0.29, 0.717) is 6.54 Å². The molecule has 4 rings (SSSR count). The first kappa shape index (κ1) is 18.6. The first-order chi connectivity index (χ1) is 13.6. The van der Waals surface area contributed by atoms with E-state index < -0.39 is 0 Å². The third-order valence-corrected chi connectivity index (χ3v) is 5.99. The summed E-state index contributed by atoms with van der Waals surface area (Å²) < 4.78 is 5.31. The Balaban J connectivity index is 1.42. The zero-order chi connectivity index (χ0) is 19.7. The molecule has 2 N–H and O–H groups in total. The van der Waals surface area contributed by atoms with Crippen molar-refractivity contribution in [1.82, 2.24) is 4.98 Å². The van der Waals surface area contributed by atoms with Crippen molar-refractivity contribution in [3.8, 4) is 5.75 Å². The number of Topliss-reactive ketones (excluding diaryl/α,β-unsaturated/α-hetero) is 1. The molecule has 28 heavy (non-hydrogen) atoms. The van der Waals surface area contributed by atoms with Crippen molar-refractivity contribution in [2.45, 2.75) is 13.8 Å².